The molecule has 0 spiro atoms. The third-order valence-corrected chi connectivity index (χ3v) is 4.18. The molecule has 0 fully saturated rings. The molecule has 130 valence electrons. The first-order chi connectivity index (χ1) is 11.3. The van der Waals surface area contributed by atoms with Crippen LogP contribution in [0.4, 0.5) is 9.18 Å². The van der Waals surface area contributed by atoms with Crippen molar-refractivity contribution in [3.05, 3.63) is 36.0 Å². The summed E-state index contributed by atoms with van der Waals surface area (Å²) in [6, 6.07) is 5.98. The monoisotopic (exact) mass is 353 g/mol. The van der Waals surface area contributed by atoms with Crippen molar-refractivity contribution in [1.82, 2.24) is 15.5 Å². The SMILES string of the molecule is CSCC(CC(C)(C)NC(=O)O)c1nc(-c2cccc(F)c2)no1. The molecule has 2 rings (SSSR count). The van der Waals surface area contributed by atoms with E-state index in [1.54, 1.807) is 37.7 Å². The Kier molecular flexibility index (Phi) is 5.82. The highest BCUT2D eigenvalue weighted by Crippen LogP contribution is 2.29. The Morgan fingerprint density at radius 3 is 2.88 bits per heavy atom. The average molecular weight is 353 g/mol. The van der Waals surface area contributed by atoms with Gasteiger partial charge >= 0.3 is 6.09 Å². The molecular weight excluding hydrogens is 333 g/mol. The van der Waals surface area contributed by atoms with Gasteiger partial charge < -0.3 is 14.9 Å². The number of carboxylic acid groups (broad SMARTS) is 1. The van der Waals surface area contributed by atoms with Gasteiger partial charge in [0, 0.05) is 22.8 Å². The van der Waals surface area contributed by atoms with Gasteiger partial charge in [-0.15, -0.1) is 0 Å². The highest BCUT2D eigenvalue weighted by Gasteiger charge is 2.29. The molecule has 2 N–H and O–H groups in total. The number of nitrogens with zero attached hydrogens (tertiary/aromatic N) is 2. The number of hydrogen-bond acceptors (Lipinski definition) is 5. The van der Waals surface area contributed by atoms with Gasteiger partial charge in [-0.2, -0.15) is 16.7 Å². The van der Waals surface area contributed by atoms with E-state index in [-0.39, 0.29) is 11.7 Å². The lowest BCUT2D eigenvalue weighted by Crippen LogP contribution is -2.44. The maximum atomic E-state index is 13.3. The summed E-state index contributed by atoms with van der Waals surface area (Å²) >= 11 is 1.61. The van der Waals surface area contributed by atoms with Gasteiger partial charge in [-0.05, 0) is 38.7 Å². The largest absolute Gasteiger partial charge is 0.465 e. The van der Waals surface area contributed by atoms with Gasteiger partial charge in [-0.3, -0.25) is 0 Å². The molecule has 0 aliphatic carbocycles. The minimum absolute atomic E-state index is 0.114. The summed E-state index contributed by atoms with van der Waals surface area (Å²) in [6.07, 6.45) is 1.38. The molecule has 0 aliphatic heterocycles. The first-order valence-electron chi connectivity index (χ1n) is 7.40. The predicted molar refractivity (Wildman–Crippen MR) is 90.7 cm³/mol. The number of hydrogen-bond donors (Lipinski definition) is 2. The van der Waals surface area contributed by atoms with Gasteiger partial charge in [0.2, 0.25) is 11.7 Å². The van der Waals surface area contributed by atoms with Crippen LogP contribution in [-0.2, 0) is 0 Å². The van der Waals surface area contributed by atoms with E-state index >= 15 is 0 Å². The maximum Gasteiger partial charge on any atom is 0.405 e. The van der Waals surface area contributed by atoms with Crippen LogP contribution in [0, 0.1) is 5.82 Å². The highest BCUT2D eigenvalue weighted by molar-refractivity contribution is 7.98. The number of halogens is 1. The van der Waals surface area contributed by atoms with Crippen molar-refractivity contribution in [3.63, 3.8) is 0 Å². The Balaban J connectivity index is 2.21. The Hall–Kier alpha value is -2.09. The fourth-order valence-corrected chi connectivity index (χ4v) is 3.18. The van der Waals surface area contributed by atoms with Gasteiger partial charge in [-0.25, -0.2) is 9.18 Å². The van der Waals surface area contributed by atoms with Crippen molar-refractivity contribution in [1.29, 1.82) is 0 Å². The number of amides is 1. The molecule has 0 saturated heterocycles. The second-order valence-corrected chi connectivity index (χ2v) is 7.05. The molecule has 1 aromatic heterocycles. The van der Waals surface area contributed by atoms with Gasteiger partial charge in [0.25, 0.3) is 0 Å². The van der Waals surface area contributed by atoms with E-state index in [0.717, 1.165) is 0 Å². The van der Waals surface area contributed by atoms with Gasteiger partial charge in [-0.1, -0.05) is 17.3 Å². The molecule has 1 heterocycles. The minimum Gasteiger partial charge on any atom is -0.465 e. The number of aromatic nitrogens is 2. The summed E-state index contributed by atoms with van der Waals surface area (Å²) in [5, 5.41) is 15.4. The fourth-order valence-electron chi connectivity index (χ4n) is 2.52. The third-order valence-electron chi connectivity index (χ3n) is 3.44. The van der Waals surface area contributed by atoms with Crippen LogP contribution >= 0.6 is 11.8 Å². The van der Waals surface area contributed by atoms with Crippen molar-refractivity contribution in [2.75, 3.05) is 12.0 Å². The molecular formula is C16H20FN3O3S. The van der Waals surface area contributed by atoms with E-state index in [0.29, 0.717) is 29.5 Å². The number of thioether (sulfide) groups is 1. The summed E-state index contributed by atoms with van der Waals surface area (Å²) in [4.78, 5) is 15.3. The number of benzene rings is 1. The van der Waals surface area contributed by atoms with Crippen LogP contribution in [-0.4, -0.2) is 38.9 Å². The summed E-state index contributed by atoms with van der Waals surface area (Å²) in [5.74, 6) is 0.960. The zero-order valence-electron chi connectivity index (χ0n) is 13.7. The quantitative estimate of drug-likeness (QED) is 0.788. The average Bonchev–Trinajstić information content (AvgIpc) is 2.95. The van der Waals surface area contributed by atoms with E-state index in [9.17, 15) is 9.18 Å². The summed E-state index contributed by atoms with van der Waals surface area (Å²) in [5.41, 5.74) is -0.101. The van der Waals surface area contributed by atoms with Crippen LogP contribution in [0.15, 0.2) is 28.8 Å². The van der Waals surface area contributed by atoms with Crippen LogP contribution in [0.1, 0.15) is 32.1 Å². The molecule has 1 aromatic carbocycles. The summed E-state index contributed by atoms with van der Waals surface area (Å²) in [6.45, 7) is 3.61. The molecule has 1 amide bonds. The van der Waals surface area contributed by atoms with Crippen LogP contribution in [0.25, 0.3) is 11.4 Å². The second-order valence-electron chi connectivity index (χ2n) is 6.14. The van der Waals surface area contributed by atoms with E-state index in [4.69, 9.17) is 9.63 Å². The lowest BCUT2D eigenvalue weighted by molar-refractivity contribution is 0.178. The standard InChI is InChI=1S/C16H20FN3O3S/c1-16(2,19-15(21)22)8-11(9-24-3)14-18-13(20-23-14)10-5-4-6-12(17)7-10/h4-7,11,19H,8-9H2,1-3H3,(H,21,22). The minimum atomic E-state index is -1.08. The number of carbonyl (C=O) groups is 1. The van der Waals surface area contributed by atoms with Crippen LogP contribution in [0.5, 0.6) is 0 Å². The topological polar surface area (TPSA) is 88.2 Å². The van der Waals surface area contributed by atoms with Gasteiger partial charge in [0.15, 0.2) is 0 Å². The van der Waals surface area contributed by atoms with Crippen molar-refractivity contribution in [3.8, 4) is 11.4 Å². The zero-order chi connectivity index (χ0) is 17.7. The first kappa shape index (κ1) is 18.3. The normalized spacial score (nSPS) is 12.8. The third kappa shape index (κ3) is 4.95. The highest BCUT2D eigenvalue weighted by atomic mass is 32.2. The van der Waals surface area contributed by atoms with Crippen LogP contribution < -0.4 is 5.32 Å². The summed E-state index contributed by atoms with van der Waals surface area (Å²) < 4.78 is 18.7. The molecule has 0 aliphatic rings. The van der Waals surface area contributed by atoms with Crippen molar-refractivity contribution in [2.45, 2.75) is 31.7 Å². The lowest BCUT2D eigenvalue weighted by atomic mass is 9.91. The van der Waals surface area contributed by atoms with Crippen molar-refractivity contribution >= 4 is 17.9 Å². The Bertz CT molecular complexity index is 705. The van der Waals surface area contributed by atoms with Crippen molar-refractivity contribution in [2.24, 2.45) is 0 Å². The molecule has 1 atom stereocenters. The number of rotatable bonds is 7. The van der Waals surface area contributed by atoms with Crippen LogP contribution in [0.2, 0.25) is 0 Å². The Morgan fingerprint density at radius 2 is 2.25 bits per heavy atom. The van der Waals surface area contributed by atoms with E-state index in [2.05, 4.69) is 15.5 Å². The molecule has 6 nitrogen and oxygen atoms in total. The fraction of sp³-hybridized carbons (Fsp3) is 0.438. The van der Waals surface area contributed by atoms with E-state index in [1.807, 2.05) is 6.26 Å². The molecule has 2 aromatic rings. The van der Waals surface area contributed by atoms with E-state index in [1.165, 1.54) is 12.1 Å². The summed E-state index contributed by atoms with van der Waals surface area (Å²) in [7, 11) is 0. The molecule has 0 radical (unpaired) electrons. The van der Waals surface area contributed by atoms with Gasteiger partial charge in [0.05, 0.1) is 0 Å². The van der Waals surface area contributed by atoms with Crippen LogP contribution in [0.3, 0.4) is 0 Å². The van der Waals surface area contributed by atoms with Gasteiger partial charge in [0.1, 0.15) is 5.82 Å². The molecule has 24 heavy (non-hydrogen) atoms. The molecule has 8 heteroatoms. The predicted octanol–water partition coefficient (Wildman–Crippen LogP) is 3.76. The molecule has 1 unspecified atom stereocenters. The smallest absolute Gasteiger partial charge is 0.405 e. The first-order valence-corrected chi connectivity index (χ1v) is 8.80. The second kappa shape index (κ2) is 7.65. The maximum absolute atomic E-state index is 13.3. The molecule has 0 bridgehead atoms. The Morgan fingerprint density at radius 1 is 1.50 bits per heavy atom. The number of nitrogens with one attached hydrogen (secondary N) is 1. The Labute approximate surface area is 143 Å². The van der Waals surface area contributed by atoms with Crippen molar-refractivity contribution < 1.29 is 18.8 Å². The lowest BCUT2D eigenvalue weighted by Gasteiger charge is -2.27. The zero-order valence-corrected chi connectivity index (χ0v) is 14.6. The molecule has 0 saturated carbocycles. The van der Waals surface area contributed by atoms with E-state index < -0.39 is 11.6 Å².